The summed E-state index contributed by atoms with van der Waals surface area (Å²) in [6.45, 7) is 7.54. The van der Waals surface area contributed by atoms with Gasteiger partial charge in [0.1, 0.15) is 0 Å². The van der Waals surface area contributed by atoms with Gasteiger partial charge in [0, 0.05) is 24.2 Å². The number of benzene rings is 2. The molecular weight excluding hydrogens is 380 g/mol. The fourth-order valence-electron chi connectivity index (χ4n) is 3.02. The Bertz CT molecular complexity index is 1030. The summed E-state index contributed by atoms with van der Waals surface area (Å²) >= 11 is 0. The van der Waals surface area contributed by atoms with E-state index in [-0.39, 0.29) is 17.2 Å². The molecule has 3 N–H and O–H groups in total. The monoisotopic (exact) mass is 406 g/mol. The van der Waals surface area contributed by atoms with Crippen molar-refractivity contribution in [2.75, 3.05) is 26.2 Å². The van der Waals surface area contributed by atoms with E-state index in [1.165, 1.54) is 0 Å². The van der Waals surface area contributed by atoms with Crippen molar-refractivity contribution in [3.05, 3.63) is 70.5 Å². The first kappa shape index (κ1) is 21.2. The zero-order valence-corrected chi connectivity index (χ0v) is 17.2. The van der Waals surface area contributed by atoms with Crippen LogP contribution in [-0.4, -0.2) is 47.2 Å². The number of azo groups is 1. The van der Waals surface area contributed by atoms with Gasteiger partial charge in [-0.2, -0.15) is 5.11 Å². The van der Waals surface area contributed by atoms with Crippen LogP contribution in [0.5, 0.6) is 0 Å². The maximum Gasteiger partial charge on any atom is 0.292 e. The highest BCUT2D eigenvalue weighted by Gasteiger charge is 2.11. The Morgan fingerprint density at radius 3 is 2.33 bits per heavy atom. The van der Waals surface area contributed by atoms with Crippen LogP contribution >= 0.6 is 0 Å². The second-order valence-corrected chi connectivity index (χ2v) is 6.70. The van der Waals surface area contributed by atoms with Crippen LogP contribution in [0.4, 0.5) is 11.4 Å². The molecule has 0 aliphatic carbocycles. The Labute approximate surface area is 175 Å². The number of hydrogen-bond donors (Lipinski definition) is 3. The molecule has 0 saturated carbocycles. The van der Waals surface area contributed by atoms with E-state index in [0.717, 1.165) is 25.2 Å². The maximum atomic E-state index is 12.3. The van der Waals surface area contributed by atoms with Gasteiger partial charge >= 0.3 is 0 Å². The largest absolute Gasteiger partial charge is 0.351 e. The number of amides is 1. The first-order chi connectivity index (χ1) is 14.6. The van der Waals surface area contributed by atoms with Crippen LogP contribution in [-0.2, 0) is 0 Å². The molecule has 0 aliphatic rings. The molecule has 2 aromatic carbocycles. The lowest BCUT2D eigenvalue weighted by atomic mass is 10.1. The van der Waals surface area contributed by atoms with E-state index in [1.54, 1.807) is 24.3 Å². The molecule has 0 bridgehead atoms. The van der Waals surface area contributed by atoms with E-state index in [0.29, 0.717) is 23.5 Å². The SMILES string of the molecule is CCN(CC)CCNC(=O)c1ccc(N=Nc2c(-c3ccccc3)[nH][nH]c2=O)cc1. The van der Waals surface area contributed by atoms with E-state index in [4.69, 9.17) is 0 Å². The number of likely N-dealkylation sites (N-methyl/N-ethyl adjacent to an activating group) is 1. The summed E-state index contributed by atoms with van der Waals surface area (Å²) in [5.74, 6) is -0.126. The van der Waals surface area contributed by atoms with Crippen LogP contribution in [0, 0.1) is 0 Å². The lowest BCUT2D eigenvalue weighted by molar-refractivity contribution is 0.0949. The lowest BCUT2D eigenvalue weighted by Gasteiger charge is -2.17. The summed E-state index contributed by atoms with van der Waals surface area (Å²) in [7, 11) is 0. The molecule has 0 saturated heterocycles. The minimum Gasteiger partial charge on any atom is -0.351 e. The predicted molar refractivity (Wildman–Crippen MR) is 118 cm³/mol. The Hall–Kier alpha value is -3.52. The minimum atomic E-state index is -0.346. The van der Waals surface area contributed by atoms with E-state index < -0.39 is 0 Å². The third kappa shape index (κ3) is 5.30. The fraction of sp³-hybridized carbons (Fsp3) is 0.273. The number of rotatable bonds is 9. The normalized spacial score (nSPS) is 11.3. The molecule has 3 aromatic rings. The summed E-state index contributed by atoms with van der Waals surface area (Å²) < 4.78 is 0. The molecule has 0 radical (unpaired) electrons. The average Bonchev–Trinajstić information content (AvgIpc) is 3.16. The van der Waals surface area contributed by atoms with Gasteiger partial charge in [-0.15, -0.1) is 5.11 Å². The molecule has 156 valence electrons. The van der Waals surface area contributed by atoms with Crippen LogP contribution in [0.15, 0.2) is 69.6 Å². The summed E-state index contributed by atoms with van der Waals surface area (Å²) in [5.41, 5.74) is 2.38. The summed E-state index contributed by atoms with van der Waals surface area (Å²) in [4.78, 5) is 26.6. The average molecular weight is 406 g/mol. The standard InChI is InChI=1S/C22H26N6O2/c1-3-28(4-2)15-14-23-21(29)17-10-12-18(13-11-17)24-26-20-19(25-27-22(20)30)16-8-6-5-7-9-16/h5-13H,3-4,14-15H2,1-2H3,(H,23,29)(H2,25,27,30). The Balaban J connectivity index is 1.65. The second-order valence-electron chi connectivity index (χ2n) is 6.70. The Kier molecular flexibility index (Phi) is 7.29. The highest BCUT2D eigenvalue weighted by molar-refractivity contribution is 5.94. The van der Waals surface area contributed by atoms with Gasteiger partial charge in [-0.1, -0.05) is 44.2 Å². The number of carbonyl (C=O) groups excluding carboxylic acids is 1. The summed E-state index contributed by atoms with van der Waals surface area (Å²) in [6, 6.07) is 16.2. The molecular formula is C22H26N6O2. The van der Waals surface area contributed by atoms with Gasteiger partial charge in [0.25, 0.3) is 11.5 Å². The molecule has 3 rings (SSSR count). The second kappa shape index (κ2) is 10.3. The number of nitrogens with one attached hydrogen (secondary N) is 3. The van der Waals surface area contributed by atoms with E-state index in [1.807, 2.05) is 30.3 Å². The van der Waals surface area contributed by atoms with E-state index in [9.17, 15) is 9.59 Å². The predicted octanol–water partition coefficient (Wildman–Crippen LogP) is 3.86. The number of carbonyl (C=O) groups is 1. The Morgan fingerprint density at radius 1 is 0.967 bits per heavy atom. The number of H-pyrrole nitrogens is 2. The van der Waals surface area contributed by atoms with Gasteiger partial charge in [0.15, 0.2) is 5.69 Å². The smallest absolute Gasteiger partial charge is 0.292 e. The Morgan fingerprint density at radius 2 is 1.67 bits per heavy atom. The topological polar surface area (TPSA) is 106 Å². The van der Waals surface area contributed by atoms with Gasteiger partial charge in [-0.25, -0.2) is 0 Å². The summed E-state index contributed by atoms with van der Waals surface area (Å²) in [5, 5.41) is 16.6. The quantitative estimate of drug-likeness (QED) is 0.470. The molecule has 8 nitrogen and oxygen atoms in total. The van der Waals surface area contributed by atoms with Gasteiger partial charge in [-0.05, 0) is 37.4 Å². The van der Waals surface area contributed by atoms with Crippen molar-refractivity contribution in [1.82, 2.24) is 20.4 Å². The van der Waals surface area contributed by atoms with Gasteiger partial charge in [0.2, 0.25) is 0 Å². The van der Waals surface area contributed by atoms with Crippen molar-refractivity contribution in [1.29, 1.82) is 0 Å². The highest BCUT2D eigenvalue weighted by Crippen LogP contribution is 2.26. The van der Waals surface area contributed by atoms with Gasteiger partial charge < -0.3 is 10.2 Å². The highest BCUT2D eigenvalue weighted by atomic mass is 16.1. The molecule has 0 fully saturated rings. The molecule has 8 heteroatoms. The molecule has 30 heavy (non-hydrogen) atoms. The summed E-state index contributed by atoms with van der Waals surface area (Å²) in [6.07, 6.45) is 0. The van der Waals surface area contributed by atoms with Crippen molar-refractivity contribution >= 4 is 17.3 Å². The van der Waals surface area contributed by atoms with Crippen LogP contribution in [0.25, 0.3) is 11.3 Å². The van der Waals surface area contributed by atoms with E-state index in [2.05, 4.69) is 44.5 Å². The van der Waals surface area contributed by atoms with Crippen molar-refractivity contribution in [2.45, 2.75) is 13.8 Å². The molecule has 1 aromatic heterocycles. The molecule has 0 atom stereocenters. The van der Waals surface area contributed by atoms with Crippen molar-refractivity contribution in [2.24, 2.45) is 10.2 Å². The fourth-order valence-corrected chi connectivity index (χ4v) is 3.02. The molecule has 0 unspecified atom stereocenters. The molecule has 0 aliphatic heterocycles. The van der Waals surface area contributed by atoms with Gasteiger partial charge in [0.05, 0.1) is 11.4 Å². The minimum absolute atomic E-state index is 0.126. The van der Waals surface area contributed by atoms with Crippen molar-refractivity contribution in [3.8, 4) is 11.3 Å². The van der Waals surface area contributed by atoms with Crippen molar-refractivity contribution < 1.29 is 4.79 Å². The lowest BCUT2D eigenvalue weighted by Crippen LogP contribution is -2.34. The van der Waals surface area contributed by atoms with Gasteiger partial charge in [-0.3, -0.25) is 19.8 Å². The number of aromatic nitrogens is 2. The van der Waals surface area contributed by atoms with Crippen molar-refractivity contribution in [3.63, 3.8) is 0 Å². The third-order valence-electron chi connectivity index (χ3n) is 4.82. The zero-order valence-electron chi connectivity index (χ0n) is 17.2. The van der Waals surface area contributed by atoms with Crippen LogP contribution in [0.3, 0.4) is 0 Å². The first-order valence-corrected chi connectivity index (χ1v) is 10.0. The number of nitrogens with zero attached hydrogens (tertiary/aromatic N) is 3. The number of hydrogen-bond acceptors (Lipinski definition) is 5. The van der Waals surface area contributed by atoms with Crippen LogP contribution in [0.1, 0.15) is 24.2 Å². The third-order valence-corrected chi connectivity index (χ3v) is 4.82. The maximum absolute atomic E-state index is 12.3. The molecule has 0 spiro atoms. The zero-order chi connectivity index (χ0) is 21.3. The molecule has 1 heterocycles. The van der Waals surface area contributed by atoms with Crippen LogP contribution < -0.4 is 10.9 Å². The molecule has 1 amide bonds. The van der Waals surface area contributed by atoms with Crippen LogP contribution in [0.2, 0.25) is 0 Å². The van der Waals surface area contributed by atoms with E-state index >= 15 is 0 Å². The first-order valence-electron chi connectivity index (χ1n) is 10.0. The number of aromatic amines is 2.